The zero-order valence-electron chi connectivity index (χ0n) is 10.9. The van der Waals surface area contributed by atoms with Crippen LogP contribution in [-0.2, 0) is 0 Å². The highest BCUT2D eigenvalue weighted by Crippen LogP contribution is 2.23. The lowest BCUT2D eigenvalue weighted by atomic mass is 10.0. The maximum Gasteiger partial charge on any atom is 0.270 e. The number of benzene rings is 1. The van der Waals surface area contributed by atoms with E-state index in [2.05, 4.69) is 16.0 Å². The summed E-state index contributed by atoms with van der Waals surface area (Å²) in [4.78, 5) is 18.7. The molecule has 0 atom stereocenters. The molecule has 0 saturated heterocycles. The Morgan fingerprint density at radius 2 is 2.05 bits per heavy atom. The predicted molar refractivity (Wildman–Crippen MR) is 76.2 cm³/mol. The molecule has 0 radical (unpaired) electrons. The first-order chi connectivity index (χ1) is 9.60. The minimum absolute atomic E-state index is 0.0214. The van der Waals surface area contributed by atoms with E-state index in [1.165, 1.54) is 11.8 Å². The molecule has 0 bridgehead atoms. The van der Waals surface area contributed by atoms with Gasteiger partial charge in [-0.3, -0.25) is 4.79 Å². The first kappa shape index (κ1) is 13.9. The molecule has 98 valence electrons. The molecule has 0 saturated carbocycles. The number of aromatic nitrogens is 2. The van der Waals surface area contributed by atoms with Crippen molar-refractivity contribution in [2.24, 2.45) is 0 Å². The second-order valence-corrected chi connectivity index (χ2v) is 4.85. The molecule has 6 heteroatoms. The molecule has 2 rings (SSSR count). The van der Waals surface area contributed by atoms with E-state index in [1.807, 2.05) is 6.07 Å². The molecule has 0 aliphatic carbocycles. The Balaban J connectivity index is 2.72. The fraction of sp³-hybridized carbons (Fsp3) is 0.143. The topological polar surface area (TPSA) is 93.3 Å². The van der Waals surface area contributed by atoms with Gasteiger partial charge in [0, 0.05) is 5.56 Å². The quantitative estimate of drug-likeness (QED) is 0.673. The van der Waals surface area contributed by atoms with Crippen LogP contribution in [0.4, 0.5) is 0 Å². The second-order valence-electron chi connectivity index (χ2n) is 4.05. The molecule has 1 aromatic carbocycles. The Labute approximate surface area is 119 Å². The molecule has 0 aliphatic heterocycles. The van der Waals surface area contributed by atoms with Crippen LogP contribution in [0.2, 0.25) is 0 Å². The molecule has 1 heterocycles. The largest absolute Gasteiger partial charge is 0.300 e. The molecule has 1 aromatic heterocycles. The molecule has 0 fully saturated rings. The van der Waals surface area contributed by atoms with Crippen LogP contribution in [0.25, 0.3) is 11.3 Å². The summed E-state index contributed by atoms with van der Waals surface area (Å²) < 4.78 is 0. The zero-order valence-corrected chi connectivity index (χ0v) is 11.7. The summed E-state index contributed by atoms with van der Waals surface area (Å²) >= 11 is 1.29. The Morgan fingerprint density at radius 3 is 2.60 bits per heavy atom. The van der Waals surface area contributed by atoms with Gasteiger partial charge in [-0.2, -0.15) is 10.5 Å². The average molecular weight is 282 g/mol. The van der Waals surface area contributed by atoms with Gasteiger partial charge in [0.15, 0.2) is 5.16 Å². The fourth-order valence-corrected chi connectivity index (χ4v) is 2.18. The number of thioether (sulfide) groups is 1. The van der Waals surface area contributed by atoms with E-state index in [9.17, 15) is 4.79 Å². The van der Waals surface area contributed by atoms with E-state index in [1.54, 1.807) is 31.4 Å². The molecule has 0 amide bonds. The van der Waals surface area contributed by atoms with Crippen molar-refractivity contribution in [3.63, 3.8) is 0 Å². The number of aryl methyl sites for hydroxylation is 1. The lowest BCUT2D eigenvalue weighted by molar-refractivity contribution is 0.937. The van der Waals surface area contributed by atoms with E-state index >= 15 is 0 Å². The SMILES string of the molecule is CSc1nc(-c2ccc(C#N)c(C)c2)c(C#N)c(=O)[nH]1. The van der Waals surface area contributed by atoms with Crippen LogP contribution in [0, 0.1) is 29.6 Å². The highest BCUT2D eigenvalue weighted by atomic mass is 32.2. The van der Waals surface area contributed by atoms with Gasteiger partial charge in [0.25, 0.3) is 5.56 Å². The normalized spacial score (nSPS) is 9.80. The smallest absolute Gasteiger partial charge is 0.270 e. The van der Waals surface area contributed by atoms with E-state index in [4.69, 9.17) is 10.5 Å². The highest BCUT2D eigenvalue weighted by molar-refractivity contribution is 7.98. The number of hydrogen-bond acceptors (Lipinski definition) is 5. The minimum atomic E-state index is -0.455. The molecule has 0 spiro atoms. The van der Waals surface area contributed by atoms with Crippen LogP contribution in [-0.4, -0.2) is 16.2 Å². The number of aromatic amines is 1. The molecule has 20 heavy (non-hydrogen) atoms. The highest BCUT2D eigenvalue weighted by Gasteiger charge is 2.13. The van der Waals surface area contributed by atoms with Crippen molar-refractivity contribution in [3.8, 4) is 23.4 Å². The van der Waals surface area contributed by atoms with Crippen molar-refractivity contribution >= 4 is 11.8 Å². The van der Waals surface area contributed by atoms with Gasteiger partial charge in [-0.1, -0.05) is 17.8 Å². The van der Waals surface area contributed by atoms with E-state index in [0.29, 0.717) is 22.0 Å². The lowest BCUT2D eigenvalue weighted by Gasteiger charge is -2.06. The first-order valence-corrected chi connectivity index (χ1v) is 6.92. The van der Waals surface area contributed by atoms with Gasteiger partial charge in [0.05, 0.1) is 17.3 Å². The summed E-state index contributed by atoms with van der Waals surface area (Å²) in [6.45, 7) is 1.80. The van der Waals surface area contributed by atoms with Crippen LogP contribution in [0.5, 0.6) is 0 Å². The van der Waals surface area contributed by atoms with Crippen molar-refractivity contribution in [2.45, 2.75) is 12.1 Å². The summed E-state index contributed by atoms with van der Waals surface area (Å²) in [5, 5.41) is 18.5. The standard InChI is InChI=1S/C14H10N4OS/c1-8-5-9(3-4-10(8)6-15)12-11(7-16)13(19)18-14(17-12)20-2/h3-5H,1-2H3,(H,17,18,19). The third kappa shape index (κ3) is 2.42. The number of hydrogen-bond donors (Lipinski definition) is 1. The number of nitrogens with zero attached hydrogens (tertiary/aromatic N) is 3. The number of H-pyrrole nitrogens is 1. The van der Waals surface area contributed by atoms with Crippen molar-refractivity contribution in [3.05, 3.63) is 45.2 Å². The van der Waals surface area contributed by atoms with Crippen LogP contribution >= 0.6 is 11.8 Å². The third-order valence-corrected chi connectivity index (χ3v) is 3.40. The maximum atomic E-state index is 11.8. The number of nitrogens with one attached hydrogen (secondary N) is 1. The second kappa shape index (κ2) is 5.60. The van der Waals surface area contributed by atoms with Gasteiger partial charge in [-0.25, -0.2) is 4.98 Å². The molecule has 0 aliphatic rings. The van der Waals surface area contributed by atoms with Crippen LogP contribution in [0.1, 0.15) is 16.7 Å². The number of rotatable bonds is 2. The van der Waals surface area contributed by atoms with Crippen LogP contribution in [0.3, 0.4) is 0 Å². The molecule has 5 nitrogen and oxygen atoms in total. The molecular weight excluding hydrogens is 272 g/mol. The van der Waals surface area contributed by atoms with Crippen molar-refractivity contribution in [2.75, 3.05) is 6.26 Å². The number of nitriles is 2. The molecule has 2 aromatic rings. The van der Waals surface area contributed by atoms with Crippen molar-refractivity contribution < 1.29 is 0 Å². The predicted octanol–water partition coefficient (Wildman–Crippen LogP) is 2.21. The van der Waals surface area contributed by atoms with Gasteiger partial charge in [-0.15, -0.1) is 0 Å². The fourth-order valence-electron chi connectivity index (χ4n) is 1.80. The Kier molecular flexibility index (Phi) is 3.88. The van der Waals surface area contributed by atoms with Crippen molar-refractivity contribution in [1.82, 2.24) is 9.97 Å². The third-order valence-electron chi connectivity index (χ3n) is 2.82. The zero-order chi connectivity index (χ0) is 14.7. The minimum Gasteiger partial charge on any atom is -0.300 e. The first-order valence-electron chi connectivity index (χ1n) is 5.70. The monoisotopic (exact) mass is 282 g/mol. The molecule has 1 N–H and O–H groups in total. The van der Waals surface area contributed by atoms with E-state index in [-0.39, 0.29) is 5.56 Å². The van der Waals surface area contributed by atoms with Crippen LogP contribution in [0.15, 0.2) is 28.2 Å². The molecular formula is C14H10N4OS. The van der Waals surface area contributed by atoms with Gasteiger partial charge in [-0.05, 0) is 30.9 Å². The Morgan fingerprint density at radius 1 is 1.30 bits per heavy atom. The van der Waals surface area contributed by atoms with Crippen LogP contribution < -0.4 is 5.56 Å². The lowest BCUT2D eigenvalue weighted by Crippen LogP contribution is -2.14. The average Bonchev–Trinajstić information content (AvgIpc) is 2.46. The van der Waals surface area contributed by atoms with Gasteiger partial charge in [0.2, 0.25) is 0 Å². The van der Waals surface area contributed by atoms with Gasteiger partial charge < -0.3 is 4.98 Å². The van der Waals surface area contributed by atoms with E-state index < -0.39 is 5.56 Å². The summed E-state index contributed by atoms with van der Waals surface area (Å²) in [7, 11) is 0. The summed E-state index contributed by atoms with van der Waals surface area (Å²) in [6, 6.07) is 9.07. The Hall–Kier alpha value is -2.57. The van der Waals surface area contributed by atoms with Crippen molar-refractivity contribution in [1.29, 1.82) is 10.5 Å². The Bertz CT molecular complexity index is 811. The maximum absolute atomic E-state index is 11.8. The summed E-state index contributed by atoms with van der Waals surface area (Å²) in [6.07, 6.45) is 1.79. The molecule has 0 unspecified atom stereocenters. The van der Waals surface area contributed by atoms with E-state index in [0.717, 1.165) is 5.56 Å². The van der Waals surface area contributed by atoms with Gasteiger partial charge >= 0.3 is 0 Å². The van der Waals surface area contributed by atoms with Gasteiger partial charge in [0.1, 0.15) is 11.6 Å². The summed E-state index contributed by atoms with van der Waals surface area (Å²) in [5.74, 6) is 0. The summed E-state index contributed by atoms with van der Waals surface area (Å²) in [5.41, 5.74) is 1.85.